The quantitative estimate of drug-likeness (QED) is 0.793. The van der Waals surface area contributed by atoms with E-state index in [0.29, 0.717) is 23.8 Å². The highest BCUT2D eigenvalue weighted by molar-refractivity contribution is 7.90. The normalized spacial score (nSPS) is 20.2. The molecule has 3 N–H and O–H groups in total. The molecule has 140 valence electrons. The smallest absolute Gasteiger partial charge is 0.239 e. The molecule has 0 unspecified atom stereocenters. The van der Waals surface area contributed by atoms with Crippen LogP contribution in [0.3, 0.4) is 0 Å². The summed E-state index contributed by atoms with van der Waals surface area (Å²) >= 11 is 0. The Morgan fingerprint density at radius 1 is 1.31 bits per heavy atom. The minimum Gasteiger partial charge on any atom is -0.441 e. The second-order valence-electron chi connectivity index (χ2n) is 6.81. The number of hydrogen-bond acceptors (Lipinski definition) is 6. The van der Waals surface area contributed by atoms with Crippen LogP contribution in [-0.4, -0.2) is 31.1 Å². The lowest BCUT2D eigenvalue weighted by Gasteiger charge is -2.11. The largest absolute Gasteiger partial charge is 0.441 e. The van der Waals surface area contributed by atoms with Crippen LogP contribution in [0.5, 0.6) is 0 Å². The summed E-state index contributed by atoms with van der Waals surface area (Å²) < 4.78 is 32.1. The van der Waals surface area contributed by atoms with Crippen molar-refractivity contribution in [3.63, 3.8) is 0 Å². The third-order valence-electron chi connectivity index (χ3n) is 4.55. The number of nitrogens with zero attached hydrogens (tertiary/aromatic N) is 1. The zero-order valence-corrected chi connectivity index (χ0v) is 15.5. The van der Waals surface area contributed by atoms with E-state index in [2.05, 4.69) is 9.71 Å². The fourth-order valence-electron chi connectivity index (χ4n) is 3.27. The number of aromatic nitrogens is 1. The summed E-state index contributed by atoms with van der Waals surface area (Å²) in [6.45, 7) is 1.70. The van der Waals surface area contributed by atoms with Gasteiger partial charge in [-0.2, -0.15) is 0 Å². The molecule has 1 amide bonds. The molecule has 8 heteroatoms. The molecule has 1 aliphatic rings. The number of amides is 1. The molecule has 3 rings (SSSR count). The van der Waals surface area contributed by atoms with Gasteiger partial charge in [0.15, 0.2) is 0 Å². The van der Waals surface area contributed by atoms with E-state index >= 15 is 0 Å². The highest BCUT2D eigenvalue weighted by Gasteiger charge is 2.28. The number of aryl methyl sites for hydroxylation is 1. The highest BCUT2D eigenvalue weighted by Crippen LogP contribution is 2.25. The summed E-state index contributed by atoms with van der Waals surface area (Å²) in [4.78, 5) is 16.5. The summed E-state index contributed by atoms with van der Waals surface area (Å²) in [5.41, 5.74) is 7.04. The van der Waals surface area contributed by atoms with Gasteiger partial charge in [-0.1, -0.05) is 18.2 Å². The fourth-order valence-corrected chi connectivity index (χ4v) is 4.70. The van der Waals surface area contributed by atoms with Gasteiger partial charge in [-0.25, -0.2) is 13.4 Å². The van der Waals surface area contributed by atoms with E-state index in [-0.39, 0.29) is 24.1 Å². The predicted molar refractivity (Wildman–Crippen MR) is 97.6 cm³/mol. The van der Waals surface area contributed by atoms with Gasteiger partial charge < -0.3 is 10.2 Å². The van der Waals surface area contributed by atoms with Crippen molar-refractivity contribution >= 4 is 15.9 Å². The van der Waals surface area contributed by atoms with Crippen LogP contribution in [0.25, 0.3) is 11.5 Å². The SMILES string of the molecule is Cc1oc(-c2ccccc2)nc1CC(=O)NS(=O)(=O)C[C@@H]1CC[C@H](N)C1. The van der Waals surface area contributed by atoms with E-state index in [0.717, 1.165) is 18.4 Å². The number of oxazole rings is 1. The van der Waals surface area contributed by atoms with Gasteiger partial charge in [0.05, 0.1) is 17.9 Å². The Labute approximate surface area is 153 Å². The maximum absolute atomic E-state index is 12.2. The summed E-state index contributed by atoms with van der Waals surface area (Å²) in [5, 5.41) is 0. The van der Waals surface area contributed by atoms with Crippen molar-refractivity contribution in [3.8, 4) is 11.5 Å². The lowest BCUT2D eigenvalue weighted by atomic mass is 10.1. The van der Waals surface area contributed by atoms with Crippen LogP contribution in [-0.2, 0) is 21.2 Å². The first kappa shape index (κ1) is 18.6. The van der Waals surface area contributed by atoms with Crippen molar-refractivity contribution < 1.29 is 17.6 Å². The maximum Gasteiger partial charge on any atom is 0.239 e. The third-order valence-corrected chi connectivity index (χ3v) is 6.00. The molecule has 7 nitrogen and oxygen atoms in total. The van der Waals surface area contributed by atoms with Gasteiger partial charge in [0.25, 0.3) is 0 Å². The van der Waals surface area contributed by atoms with Crippen molar-refractivity contribution in [1.82, 2.24) is 9.71 Å². The van der Waals surface area contributed by atoms with Gasteiger partial charge in [0, 0.05) is 11.6 Å². The average molecular weight is 377 g/mol. The molecule has 26 heavy (non-hydrogen) atoms. The summed E-state index contributed by atoms with van der Waals surface area (Å²) in [6.07, 6.45) is 2.14. The summed E-state index contributed by atoms with van der Waals surface area (Å²) in [7, 11) is -3.68. The predicted octanol–water partition coefficient (Wildman–Crippen LogP) is 1.77. The number of nitrogens with one attached hydrogen (secondary N) is 1. The molecule has 1 saturated carbocycles. The Kier molecular flexibility index (Phi) is 5.43. The Morgan fingerprint density at radius 2 is 2.04 bits per heavy atom. The van der Waals surface area contributed by atoms with Gasteiger partial charge in [-0.15, -0.1) is 0 Å². The number of nitrogens with two attached hydrogens (primary N) is 1. The number of carbonyl (C=O) groups excluding carboxylic acids is 1. The fraction of sp³-hybridized carbons (Fsp3) is 0.444. The van der Waals surface area contributed by atoms with E-state index in [1.165, 1.54) is 0 Å². The minimum absolute atomic E-state index is 0.00812. The molecular weight excluding hydrogens is 354 g/mol. The Bertz CT molecular complexity index is 877. The first-order chi connectivity index (χ1) is 12.3. The van der Waals surface area contributed by atoms with Crippen molar-refractivity contribution in [2.24, 2.45) is 11.7 Å². The maximum atomic E-state index is 12.2. The minimum atomic E-state index is -3.68. The monoisotopic (exact) mass is 377 g/mol. The first-order valence-corrected chi connectivity index (χ1v) is 10.3. The van der Waals surface area contributed by atoms with E-state index in [9.17, 15) is 13.2 Å². The number of rotatable bonds is 6. The van der Waals surface area contributed by atoms with Gasteiger partial charge in [0.2, 0.25) is 21.8 Å². The van der Waals surface area contributed by atoms with Crippen molar-refractivity contribution in [2.45, 2.75) is 38.6 Å². The number of benzene rings is 1. The van der Waals surface area contributed by atoms with Crippen molar-refractivity contribution in [2.75, 3.05) is 5.75 Å². The molecule has 0 saturated heterocycles. The molecule has 1 aliphatic carbocycles. The Balaban J connectivity index is 1.62. The van der Waals surface area contributed by atoms with E-state index < -0.39 is 15.9 Å². The number of hydrogen-bond donors (Lipinski definition) is 2. The zero-order valence-electron chi connectivity index (χ0n) is 14.6. The Morgan fingerprint density at radius 3 is 2.69 bits per heavy atom. The topological polar surface area (TPSA) is 115 Å². The third kappa shape index (κ3) is 4.70. The standard InChI is InChI=1S/C18H23N3O4S/c1-12-16(20-18(25-12)14-5-3-2-4-6-14)10-17(22)21-26(23,24)11-13-7-8-15(19)9-13/h2-6,13,15H,7-11,19H2,1H3,(H,21,22)/t13-,15+/m1/s1. The van der Waals surface area contributed by atoms with Gasteiger partial charge in [-0.05, 0) is 44.2 Å². The summed E-state index contributed by atoms with van der Waals surface area (Å²) in [5.74, 6) is 0.239. The molecule has 1 heterocycles. The first-order valence-electron chi connectivity index (χ1n) is 8.63. The molecule has 1 aromatic carbocycles. The highest BCUT2D eigenvalue weighted by atomic mass is 32.2. The molecule has 0 aliphatic heterocycles. The van der Waals surface area contributed by atoms with Crippen LogP contribution < -0.4 is 10.5 Å². The molecule has 2 aromatic rings. The van der Waals surface area contributed by atoms with Crippen LogP contribution in [0.2, 0.25) is 0 Å². The lowest BCUT2D eigenvalue weighted by molar-refractivity contribution is -0.118. The van der Waals surface area contributed by atoms with Crippen LogP contribution >= 0.6 is 0 Å². The molecule has 0 bridgehead atoms. The van der Waals surface area contributed by atoms with Gasteiger partial charge in [0.1, 0.15) is 5.76 Å². The number of sulfonamides is 1. The van der Waals surface area contributed by atoms with Crippen LogP contribution in [0.1, 0.15) is 30.7 Å². The van der Waals surface area contributed by atoms with Gasteiger partial charge in [-0.3, -0.25) is 9.52 Å². The Hall–Kier alpha value is -2.19. The second-order valence-corrected chi connectivity index (χ2v) is 8.58. The van der Waals surface area contributed by atoms with E-state index in [1.54, 1.807) is 6.92 Å². The molecule has 0 spiro atoms. The van der Waals surface area contributed by atoms with E-state index in [1.807, 2.05) is 30.3 Å². The van der Waals surface area contributed by atoms with E-state index in [4.69, 9.17) is 10.2 Å². The molecule has 0 radical (unpaired) electrons. The lowest BCUT2D eigenvalue weighted by Crippen LogP contribution is -2.35. The van der Waals surface area contributed by atoms with Crippen LogP contribution in [0.4, 0.5) is 0 Å². The van der Waals surface area contributed by atoms with Crippen LogP contribution in [0.15, 0.2) is 34.7 Å². The zero-order chi connectivity index (χ0) is 18.7. The average Bonchev–Trinajstić information content (AvgIpc) is 3.13. The van der Waals surface area contributed by atoms with Crippen LogP contribution in [0, 0.1) is 12.8 Å². The van der Waals surface area contributed by atoms with Gasteiger partial charge >= 0.3 is 0 Å². The summed E-state index contributed by atoms with van der Waals surface area (Å²) in [6, 6.07) is 9.37. The molecule has 2 atom stereocenters. The molecule has 1 fully saturated rings. The van der Waals surface area contributed by atoms with Crippen molar-refractivity contribution in [3.05, 3.63) is 41.8 Å². The molecular formula is C18H23N3O4S. The molecule has 1 aromatic heterocycles. The number of carbonyl (C=O) groups is 1. The second kappa shape index (κ2) is 7.59. The van der Waals surface area contributed by atoms with Crippen molar-refractivity contribution in [1.29, 1.82) is 0 Å².